The van der Waals surface area contributed by atoms with E-state index < -0.39 is 0 Å². The number of pyridine rings is 1. The average molecular weight is 363 g/mol. The Morgan fingerprint density at radius 2 is 1.88 bits per heavy atom. The zero-order chi connectivity index (χ0) is 18.3. The molecule has 26 heavy (non-hydrogen) atoms. The maximum Gasteiger partial charge on any atom is 0.174 e. The van der Waals surface area contributed by atoms with Crippen LogP contribution in [-0.2, 0) is 0 Å². The summed E-state index contributed by atoms with van der Waals surface area (Å²) in [7, 11) is 0. The number of H-pyrrole nitrogens is 1. The van der Waals surface area contributed by atoms with Crippen LogP contribution in [0.4, 0.5) is 5.69 Å². The molecule has 1 aromatic carbocycles. The first-order chi connectivity index (χ1) is 12.5. The fourth-order valence-electron chi connectivity index (χ4n) is 3.78. The van der Waals surface area contributed by atoms with E-state index in [1.807, 2.05) is 18.3 Å². The summed E-state index contributed by atoms with van der Waals surface area (Å²) in [5.41, 5.74) is 6.87. The van der Waals surface area contributed by atoms with Gasteiger partial charge in [-0.05, 0) is 74.4 Å². The van der Waals surface area contributed by atoms with Crippen molar-refractivity contribution in [1.29, 1.82) is 0 Å². The minimum absolute atomic E-state index is 0.00175. The van der Waals surface area contributed by atoms with Crippen LogP contribution in [0.3, 0.4) is 0 Å². The Morgan fingerprint density at radius 3 is 2.54 bits per heavy atom. The topological polar surface area (TPSA) is 44.0 Å². The second kappa shape index (κ2) is 6.57. The van der Waals surface area contributed by atoms with E-state index in [2.05, 4.69) is 77.4 Å². The highest BCUT2D eigenvalue weighted by molar-refractivity contribution is 7.80. The van der Waals surface area contributed by atoms with Crippen LogP contribution in [0.15, 0.2) is 54.7 Å². The highest BCUT2D eigenvalue weighted by Gasteiger charge is 2.41. The van der Waals surface area contributed by atoms with Gasteiger partial charge in [-0.3, -0.25) is 4.98 Å². The molecule has 2 atom stereocenters. The van der Waals surface area contributed by atoms with E-state index in [0.29, 0.717) is 0 Å². The summed E-state index contributed by atoms with van der Waals surface area (Å²) >= 11 is 5.75. The molecule has 0 bridgehead atoms. The van der Waals surface area contributed by atoms with Gasteiger partial charge in [0.1, 0.15) is 0 Å². The van der Waals surface area contributed by atoms with Gasteiger partial charge in [-0.2, -0.15) is 0 Å². The zero-order valence-corrected chi connectivity index (χ0v) is 16.0. The third-order valence-corrected chi connectivity index (χ3v) is 5.20. The van der Waals surface area contributed by atoms with Gasteiger partial charge in [0.25, 0.3) is 0 Å². The molecule has 1 aliphatic heterocycles. The first kappa shape index (κ1) is 16.8. The molecule has 5 heteroatoms. The van der Waals surface area contributed by atoms with E-state index in [9.17, 15) is 0 Å². The number of anilines is 1. The summed E-state index contributed by atoms with van der Waals surface area (Å²) in [5, 5.41) is 4.24. The molecule has 1 saturated heterocycles. The Morgan fingerprint density at radius 1 is 1.04 bits per heavy atom. The van der Waals surface area contributed by atoms with Crippen LogP contribution < -0.4 is 10.2 Å². The van der Waals surface area contributed by atoms with Crippen molar-refractivity contribution in [1.82, 2.24) is 15.3 Å². The molecule has 2 N–H and O–H groups in total. The van der Waals surface area contributed by atoms with Crippen LogP contribution in [0, 0.1) is 20.8 Å². The lowest BCUT2D eigenvalue weighted by Gasteiger charge is -2.28. The highest BCUT2D eigenvalue weighted by Crippen LogP contribution is 2.42. The third-order valence-electron chi connectivity index (χ3n) is 4.89. The van der Waals surface area contributed by atoms with Crippen molar-refractivity contribution in [2.45, 2.75) is 32.9 Å². The molecule has 2 aromatic heterocycles. The average Bonchev–Trinajstić information content (AvgIpc) is 3.14. The number of thiocarbonyl (C=S) groups is 1. The summed E-state index contributed by atoms with van der Waals surface area (Å²) in [6.07, 6.45) is 1.83. The molecular weight excluding hydrogens is 340 g/mol. The molecule has 0 spiro atoms. The molecule has 0 radical (unpaired) electrons. The maximum absolute atomic E-state index is 5.75. The van der Waals surface area contributed by atoms with Crippen LogP contribution >= 0.6 is 12.2 Å². The predicted molar refractivity (Wildman–Crippen MR) is 109 cm³/mol. The van der Waals surface area contributed by atoms with E-state index in [-0.39, 0.29) is 12.1 Å². The van der Waals surface area contributed by atoms with Gasteiger partial charge in [-0.15, -0.1) is 0 Å². The minimum Gasteiger partial charge on any atom is -0.362 e. The second-order valence-corrected chi connectivity index (χ2v) is 7.25. The lowest BCUT2D eigenvalue weighted by atomic mass is 9.96. The molecule has 4 rings (SSSR count). The Kier molecular flexibility index (Phi) is 4.24. The van der Waals surface area contributed by atoms with Crippen LogP contribution in [-0.4, -0.2) is 15.1 Å². The predicted octanol–water partition coefficient (Wildman–Crippen LogP) is 4.51. The van der Waals surface area contributed by atoms with Gasteiger partial charge >= 0.3 is 0 Å². The van der Waals surface area contributed by atoms with Crippen molar-refractivity contribution < 1.29 is 0 Å². The van der Waals surface area contributed by atoms with Crippen molar-refractivity contribution in [3.05, 3.63) is 82.9 Å². The lowest BCUT2D eigenvalue weighted by Crippen LogP contribution is -2.29. The summed E-state index contributed by atoms with van der Waals surface area (Å²) in [6.45, 7) is 6.31. The van der Waals surface area contributed by atoms with Gasteiger partial charge in [0, 0.05) is 23.3 Å². The van der Waals surface area contributed by atoms with E-state index in [0.717, 1.165) is 27.9 Å². The summed E-state index contributed by atoms with van der Waals surface area (Å²) < 4.78 is 0. The monoisotopic (exact) mass is 362 g/mol. The normalized spacial score (nSPS) is 19.7. The number of hydrogen-bond acceptors (Lipinski definition) is 2. The Bertz CT molecular complexity index is 948. The molecular formula is C21H22N4S. The lowest BCUT2D eigenvalue weighted by molar-refractivity contribution is 0.566. The fourth-order valence-corrected chi connectivity index (χ4v) is 4.13. The number of aromatic amines is 1. The van der Waals surface area contributed by atoms with Gasteiger partial charge in [0.2, 0.25) is 0 Å². The quantitative estimate of drug-likeness (QED) is 0.673. The van der Waals surface area contributed by atoms with Crippen molar-refractivity contribution in [2.24, 2.45) is 0 Å². The molecule has 3 heterocycles. The maximum atomic E-state index is 5.75. The molecule has 4 nitrogen and oxygen atoms in total. The van der Waals surface area contributed by atoms with Crippen LogP contribution in [0.5, 0.6) is 0 Å². The summed E-state index contributed by atoms with van der Waals surface area (Å²) in [6, 6.07) is 16.8. The minimum atomic E-state index is -0.00175. The van der Waals surface area contributed by atoms with E-state index in [4.69, 9.17) is 12.2 Å². The van der Waals surface area contributed by atoms with Crippen molar-refractivity contribution in [3.63, 3.8) is 0 Å². The third kappa shape index (κ3) is 2.88. The van der Waals surface area contributed by atoms with Crippen LogP contribution in [0.1, 0.15) is 40.3 Å². The molecule has 3 aromatic rings. The van der Waals surface area contributed by atoms with Gasteiger partial charge in [0.15, 0.2) is 5.11 Å². The van der Waals surface area contributed by atoms with Gasteiger partial charge < -0.3 is 15.2 Å². The summed E-state index contributed by atoms with van der Waals surface area (Å²) in [4.78, 5) is 10.3. The number of nitrogens with one attached hydrogen (secondary N) is 2. The summed E-state index contributed by atoms with van der Waals surface area (Å²) in [5.74, 6) is 0. The number of aryl methyl sites for hydroxylation is 3. The molecule has 0 saturated carbocycles. The van der Waals surface area contributed by atoms with Gasteiger partial charge in [0.05, 0.1) is 17.8 Å². The molecule has 0 amide bonds. The fraction of sp³-hybridized carbons (Fsp3) is 0.238. The Balaban J connectivity index is 1.87. The Labute approximate surface area is 159 Å². The second-order valence-electron chi connectivity index (χ2n) is 6.87. The SMILES string of the molecule is Cc1cccc(N2C(=S)N[C@H](c3ccccn3)[C@H]2c2cc(C)[nH]c2C)c1. The number of hydrogen-bond donors (Lipinski definition) is 2. The van der Waals surface area contributed by atoms with E-state index >= 15 is 0 Å². The van der Waals surface area contributed by atoms with E-state index in [1.54, 1.807) is 0 Å². The molecule has 1 fully saturated rings. The highest BCUT2D eigenvalue weighted by atomic mass is 32.1. The molecule has 1 aliphatic rings. The number of rotatable bonds is 3. The van der Waals surface area contributed by atoms with Gasteiger partial charge in [-0.25, -0.2) is 0 Å². The number of aromatic nitrogens is 2. The van der Waals surface area contributed by atoms with Gasteiger partial charge in [-0.1, -0.05) is 18.2 Å². The van der Waals surface area contributed by atoms with Crippen LogP contribution in [0.2, 0.25) is 0 Å². The largest absolute Gasteiger partial charge is 0.362 e. The Hall–Kier alpha value is -2.66. The van der Waals surface area contributed by atoms with E-state index in [1.165, 1.54) is 11.1 Å². The first-order valence-electron chi connectivity index (χ1n) is 8.78. The number of nitrogens with zero attached hydrogens (tertiary/aromatic N) is 2. The molecule has 0 aliphatic carbocycles. The van der Waals surface area contributed by atoms with Crippen LogP contribution in [0.25, 0.3) is 0 Å². The molecule has 132 valence electrons. The van der Waals surface area contributed by atoms with Crippen molar-refractivity contribution in [3.8, 4) is 0 Å². The number of benzene rings is 1. The van der Waals surface area contributed by atoms with Crippen molar-refractivity contribution >= 4 is 23.0 Å². The zero-order valence-electron chi connectivity index (χ0n) is 15.2. The standard InChI is InChI=1S/C21H22N4S/c1-13-7-6-8-16(11-13)25-20(17-12-14(2)23-15(17)3)19(24-21(25)26)18-9-4-5-10-22-18/h4-12,19-20,23H,1-3H3,(H,24,26)/t19-,20-/m1/s1. The first-order valence-corrected chi connectivity index (χ1v) is 9.19. The smallest absolute Gasteiger partial charge is 0.174 e. The van der Waals surface area contributed by atoms with Crippen molar-refractivity contribution in [2.75, 3.05) is 4.90 Å². The molecule has 0 unspecified atom stereocenters.